The number of nitrogens with zero attached hydrogens (tertiary/aromatic N) is 3. The van der Waals surface area contributed by atoms with Crippen molar-refractivity contribution in [2.75, 3.05) is 18.0 Å². The zero-order valence-corrected chi connectivity index (χ0v) is 18.6. The summed E-state index contributed by atoms with van der Waals surface area (Å²) in [6.45, 7) is 2.78. The summed E-state index contributed by atoms with van der Waals surface area (Å²) >= 11 is 11.9. The number of carbonyl (C=O) groups excluding carboxylic acids is 1. The highest BCUT2D eigenvalue weighted by Gasteiger charge is 2.30. The first kappa shape index (κ1) is 22.2. The Labute approximate surface area is 193 Å². The number of anilines is 1. The molecule has 1 N–H and O–H groups in total. The number of nitriles is 1. The lowest BCUT2D eigenvalue weighted by atomic mass is 9.95. The van der Waals surface area contributed by atoms with Gasteiger partial charge in [0.05, 0.1) is 17.3 Å². The molecular formula is C22H19Cl2FN4O3. The molecule has 1 aliphatic rings. The van der Waals surface area contributed by atoms with E-state index >= 15 is 0 Å². The molecule has 1 aliphatic heterocycles. The summed E-state index contributed by atoms with van der Waals surface area (Å²) in [7, 11) is 0. The van der Waals surface area contributed by atoms with E-state index in [0.29, 0.717) is 48.2 Å². The maximum atomic E-state index is 13.8. The van der Waals surface area contributed by atoms with E-state index in [0.717, 1.165) is 0 Å². The fraction of sp³-hybridized carbons (Fsp3) is 0.318. The Kier molecular flexibility index (Phi) is 6.40. The minimum atomic E-state index is -0.588. The summed E-state index contributed by atoms with van der Waals surface area (Å²) in [5, 5.41) is 12.6. The van der Waals surface area contributed by atoms with Crippen molar-refractivity contribution in [3.63, 3.8) is 0 Å². The summed E-state index contributed by atoms with van der Waals surface area (Å²) in [5.74, 6) is 0.0838. The van der Waals surface area contributed by atoms with Crippen molar-refractivity contribution in [2.24, 2.45) is 5.92 Å². The van der Waals surface area contributed by atoms with Crippen LogP contribution in [0.1, 0.15) is 37.1 Å². The Hall–Kier alpha value is -3.02. The van der Waals surface area contributed by atoms with Crippen LogP contribution in [0, 0.1) is 23.1 Å². The zero-order valence-electron chi connectivity index (χ0n) is 17.1. The number of amides is 1. The molecule has 2 aromatic heterocycles. The molecule has 1 amide bonds. The first-order chi connectivity index (χ1) is 15.4. The van der Waals surface area contributed by atoms with Gasteiger partial charge in [-0.3, -0.25) is 4.79 Å². The van der Waals surface area contributed by atoms with Gasteiger partial charge in [-0.1, -0.05) is 23.2 Å². The minimum Gasteiger partial charge on any atom is -0.459 e. The van der Waals surface area contributed by atoms with E-state index in [1.807, 2.05) is 11.0 Å². The number of benzene rings is 1. The molecule has 1 saturated heterocycles. The third-order valence-electron chi connectivity index (χ3n) is 5.46. The third kappa shape index (κ3) is 4.45. The highest BCUT2D eigenvalue weighted by atomic mass is 35.5. The van der Waals surface area contributed by atoms with Crippen LogP contribution >= 0.6 is 23.2 Å². The van der Waals surface area contributed by atoms with Crippen molar-refractivity contribution in [2.45, 2.75) is 25.8 Å². The summed E-state index contributed by atoms with van der Waals surface area (Å²) < 4.78 is 24.9. The van der Waals surface area contributed by atoms with Gasteiger partial charge in [0.15, 0.2) is 5.76 Å². The minimum absolute atomic E-state index is 0.0657. The van der Waals surface area contributed by atoms with Crippen LogP contribution in [0.25, 0.3) is 11.7 Å². The van der Waals surface area contributed by atoms with Crippen LogP contribution in [-0.2, 0) is 4.79 Å². The SMILES string of the molecule is CC(NC(=O)C1CCN(c2oc(-c3ccco3)nc2C#N)CC1)c1cc(F)c(Cl)cc1Cl. The number of nitrogens with one attached hydrogen (secondary N) is 1. The predicted octanol–water partition coefficient (Wildman–Crippen LogP) is 5.35. The van der Waals surface area contributed by atoms with Gasteiger partial charge in [0.25, 0.3) is 5.89 Å². The summed E-state index contributed by atoms with van der Waals surface area (Å²) in [6.07, 6.45) is 2.62. The van der Waals surface area contributed by atoms with Gasteiger partial charge < -0.3 is 19.1 Å². The second-order valence-corrected chi connectivity index (χ2v) is 8.36. The summed E-state index contributed by atoms with van der Waals surface area (Å²) in [6, 6.07) is 7.55. The number of aromatic nitrogens is 1. The average molecular weight is 477 g/mol. The van der Waals surface area contributed by atoms with Crippen molar-refractivity contribution in [1.82, 2.24) is 10.3 Å². The fourth-order valence-electron chi connectivity index (χ4n) is 3.73. The lowest BCUT2D eigenvalue weighted by molar-refractivity contribution is -0.126. The van der Waals surface area contributed by atoms with Crippen LogP contribution in [0.2, 0.25) is 10.0 Å². The van der Waals surface area contributed by atoms with Gasteiger partial charge >= 0.3 is 0 Å². The highest BCUT2D eigenvalue weighted by molar-refractivity contribution is 6.35. The third-order valence-corrected chi connectivity index (χ3v) is 6.08. The Morgan fingerprint density at radius 3 is 2.75 bits per heavy atom. The standard InChI is InChI=1S/C22H19Cl2FN4O3/c1-12(14-9-17(25)16(24)10-15(14)23)27-20(30)13-4-6-29(7-5-13)22-18(11-26)28-21(32-22)19-3-2-8-31-19/h2-3,8-10,12-13H,4-7H2,1H3,(H,27,30). The van der Waals surface area contributed by atoms with Crippen LogP contribution in [0.15, 0.2) is 39.4 Å². The van der Waals surface area contributed by atoms with Gasteiger partial charge in [0, 0.05) is 24.0 Å². The molecule has 3 heterocycles. The number of hydrogen-bond acceptors (Lipinski definition) is 6. The monoisotopic (exact) mass is 476 g/mol. The molecule has 4 rings (SSSR count). The Morgan fingerprint density at radius 2 is 2.09 bits per heavy atom. The van der Waals surface area contributed by atoms with Crippen molar-refractivity contribution in [3.8, 4) is 17.7 Å². The average Bonchev–Trinajstić information content (AvgIpc) is 3.46. The van der Waals surface area contributed by atoms with Crippen molar-refractivity contribution >= 4 is 35.0 Å². The Balaban J connectivity index is 1.39. The van der Waals surface area contributed by atoms with Gasteiger partial charge in [-0.05, 0) is 49.6 Å². The van der Waals surface area contributed by atoms with Gasteiger partial charge in [0.2, 0.25) is 17.5 Å². The lowest BCUT2D eigenvalue weighted by Crippen LogP contribution is -2.41. The van der Waals surface area contributed by atoms with Gasteiger partial charge in [0.1, 0.15) is 11.9 Å². The van der Waals surface area contributed by atoms with E-state index in [1.165, 1.54) is 18.4 Å². The molecule has 0 spiro atoms. The summed E-state index contributed by atoms with van der Waals surface area (Å²) in [5.41, 5.74) is 0.637. The largest absolute Gasteiger partial charge is 0.459 e. The van der Waals surface area contributed by atoms with Crippen molar-refractivity contribution < 1.29 is 18.0 Å². The molecule has 3 aromatic rings. The second kappa shape index (κ2) is 9.23. The van der Waals surface area contributed by atoms with E-state index in [9.17, 15) is 14.4 Å². The molecule has 0 bridgehead atoms. The van der Waals surface area contributed by atoms with E-state index in [4.69, 9.17) is 32.0 Å². The van der Waals surface area contributed by atoms with Crippen LogP contribution in [0.3, 0.4) is 0 Å². The number of carbonyl (C=O) groups is 1. The van der Waals surface area contributed by atoms with Crippen LogP contribution < -0.4 is 10.2 Å². The molecule has 166 valence electrons. The number of rotatable bonds is 5. The maximum Gasteiger partial charge on any atom is 0.266 e. The topological polar surface area (TPSA) is 95.3 Å². The van der Waals surface area contributed by atoms with Gasteiger partial charge in [-0.15, -0.1) is 0 Å². The molecule has 0 radical (unpaired) electrons. The molecule has 0 saturated carbocycles. The fourth-order valence-corrected chi connectivity index (χ4v) is 4.28. The van der Waals surface area contributed by atoms with E-state index in [1.54, 1.807) is 19.1 Å². The molecule has 1 atom stereocenters. The molecule has 1 unspecified atom stereocenters. The molecule has 0 aliphatic carbocycles. The lowest BCUT2D eigenvalue weighted by Gasteiger charge is -2.31. The maximum absolute atomic E-state index is 13.8. The quantitative estimate of drug-likeness (QED) is 0.498. The van der Waals surface area contributed by atoms with E-state index in [-0.39, 0.29) is 28.4 Å². The number of hydrogen-bond donors (Lipinski definition) is 1. The summed E-state index contributed by atoms with van der Waals surface area (Å²) in [4.78, 5) is 18.9. The number of halogens is 3. The predicted molar refractivity (Wildman–Crippen MR) is 117 cm³/mol. The number of oxazole rings is 1. The Bertz CT molecular complexity index is 1160. The molecular weight excluding hydrogens is 458 g/mol. The number of furan rings is 1. The van der Waals surface area contributed by atoms with E-state index < -0.39 is 11.9 Å². The Morgan fingerprint density at radius 1 is 1.34 bits per heavy atom. The molecule has 7 nitrogen and oxygen atoms in total. The second-order valence-electron chi connectivity index (χ2n) is 7.54. The van der Waals surface area contributed by atoms with Crippen molar-refractivity contribution in [3.05, 3.63) is 57.6 Å². The molecule has 1 aromatic carbocycles. The smallest absolute Gasteiger partial charge is 0.266 e. The van der Waals surface area contributed by atoms with E-state index in [2.05, 4.69) is 10.3 Å². The number of piperidine rings is 1. The van der Waals surface area contributed by atoms with Gasteiger partial charge in [-0.2, -0.15) is 10.2 Å². The zero-order chi connectivity index (χ0) is 22.8. The van der Waals surface area contributed by atoms with Crippen LogP contribution in [0.4, 0.5) is 10.3 Å². The molecule has 32 heavy (non-hydrogen) atoms. The first-order valence-electron chi connectivity index (χ1n) is 10.0. The van der Waals surface area contributed by atoms with Crippen LogP contribution in [-0.4, -0.2) is 24.0 Å². The molecule has 1 fully saturated rings. The van der Waals surface area contributed by atoms with Gasteiger partial charge in [-0.25, -0.2) is 4.39 Å². The highest BCUT2D eigenvalue weighted by Crippen LogP contribution is 2.32. The first-order valence-corrected chi connectivity index (χ1v) is 10.8. The molecule has 10 heteroatoms. The van der Waals surface area contributed by atoms with Crippen LogP contribution in [0.5, 0.6) is 0 Å². The van der Waals surface area contributed by atoms with Crippen molar-refractivity contribution in [1.29, 1.82) is 5.26 Å². The normalized spacial score (nSPS) is 15.4.